The molecule has 3 heterocycles. The monoisotopic (exact) mass is 316 g/mol. The number of hydrogen-bond acceptors (Lipinski definition) is 6. The van der Waals surface area contributed by atoms with Gasteiger partial charge in [0.2, 0.25) is 5.16 Å². The summed E-state index contributed by atoms with van der Waals surface area (Å²) >= 11 is 1.48. The summed E-state index contributed by atoms with van der Waals surface area (Å²) in [5, 5.41) is 12.5. The summed E-state index contributed by atoms with van der Waals surface area (Å²) in [5.41, 5.74) is 1.29. The van der Waals surface area contributed by atoms with Crippen LogP contribution in [-0.2, 0) is 12.3 Å². The second-order valence-electron chi connectivity index (χ2n) is 5.34. The van der Waals surface area contributed by atoms with Crippen LogP contribution >= 0.6 is 11.8 Å². The number of thioether (sulfide) groups is 1. The van der Waals surface area contributed by atoms with E-state index in [0.717, 1.165) is 17.4 Å². The van der Waals surface area contributed by atoms with E-state index >= 15 is 0 Å². The van der Waals surface area contributed by atoms with Crippen LogP contribution in [-0.4, -0.2) is 29.6 Å². The van der Waals surface area contributed by atoms with E-state index in [9.17, 15) is 4.79 Å². The van der Waals surface area contributed by atoms with Crippen LogP contribution in [0.25, 0.3) is 5.65 Å². The van der Waals surface area contributed by atoms with Crippen molar-refractivity contribution < 1.29 is 0 Å². The van der Waals surface area contributed by atoms with Crippen molar-refractivity contribution in [2.75, 3.05) is 0 Å². The fourth-order valence-corrected chi connectivity index (χ4v) is 2.85. The molecule has 0 unspecified atom stereocenters. The summed E-state index contributed by atoms with van der Waals surface area (Å²) in [4.78, 5) is 16.5. The molecule has 0 atom stereocenters. The number of tetrazole rings is 1. The Bertz CT molecular complexity index is 840. The molecule has 8 heteroatoms. The molecule has 0 bridgehead atoms. The predicted molar refractivity (Wildman–Crippen MR) is 83.7 cm³/mol. The Morgan fingerprint density at radius 3 is 3.00 bits per heavy atom. The average Bonchev–Trinajstić information content (AvgIpc) is 2.91. The Morgan fingerprint density at radius 1 is 1.32 bits per heavy atom. The maximum atomic E-state index is 12.0. The maximum absolute atomic E-state index is 12.0. The number of pyridine rings is 1. The minimum Gasteiger partial charge on any atom is -0.269 e. The van der Waals surface area contributed by atoms with E-state index in [1.54, 1.807) is 16.9 Å². The molecule has 0 amide bonds. The van der Waals surface area contributed by atoms with E-state index in [0.29, 0.717) is 17.3 Å². The van der Waals surface area contributed by atoms with Crippen molar-refractivity contribution in [3.63, 3.8) is 0 Å². The van der Waals surface area contributed by atoms with Crippen molar-refractivity contribution in [3.05, 3.63) is 46.5 Å². The van der Waals surface area contributed by atoms with Crippen LogP contribution in [0.1, 0.15) is 19.5 Å². The molecule has 0 fully saturated rings. The highest BCUT2D eigenvalue weighted by atomic mass is 32.2. The second-order valence-corrected chi connectivity index (χ2v) is 6.28. The summed E-state index contributed by atoms with van der Waals surface area (Å²) < 4.78 is 3.31. The number of aromatic nitrogens is 6. The van der Waals surface area contributed by atoms with Crippen LogP contribution in [0.5, 0.6) is 0 Å². The van der Waals surface area contributed by atoms with E-state index in [4.69, 9.17) is 0 Å². The maximum Gasteiger partial charge on any atom is 0.258 e. The van der Waals surface area contributed by atoms with Gasteiger partial charge in [0.05, 0.1) is 5.69 Å². The van der Waals surface area contributed by atoms with Gasteiger partial charge < -0.3 is 0 Å². The molecule has 3 aromatic heterocycles. The van der Waals surface area contributed by atoms with Gasteiger partial charge in [0.15, 0.2) is 0 Å². The lowest BCUT2D eigenvalue weighted by molar-refractivity contribution is 0.446. The smallest absolute Gasteiger partial charge is 0.258 e. The van der Waals surface area contributed by atoms with Gasteiger partial charge in [-0.05, 0) is 28.5 Å². The molecule has 0 N–H and O–H groups in total. The van der Waals surface area contributed by atoms with Crippen LogP contribution in [0.15, 0.2) is 40.4 Å². The van der Waals surface area contributed by atoms with E-state index < -0.39 is 0 Å². The summed E-state index contributed by atoms with van der Waals surface area (Å²) in [7, 11) is 0. The normalized spacial score (nSPS) is 11.4. The van der Waals surface area contributed by atoms with Crippen LogP contribution in [0, 0.1) is 5.92 Å². The second kappa shape index (κ2) is 6.27. The van der Waals surface area contributed by atoms with Gasteiger partial charge in [-0.3, -0.25) is 9.20 Å². The predicted octanol–water partition coefficient (Wildman–Crippen LogP) is 1.63. The highest BCUT2D eigenvalue weighted by Crippen LogP contribution is 2.19. The molecule has 114 valence electrons. The summed E-state index contributed by atoms with van der Waals surface area (Å²) in [5.74, 6) is 1.02. The van der Waals surface area contributed by atoms with Crippen LogP contribution in [0.2, 0.25) is 0 Å². The standard InChI is InChI=1S/C14H16N6OS/c1-10(2)8-20-14(16-17-18-20)22-9-11-7-13(21)19-6-4-3-5-12(19)15-11/h3-7,10H,8-9H2,1-2H3. The minimum atomic E-state index is -0.0806. The summed E-state index contributed by atoms with van der Waals surface area (Å²) in [6, 6.07) is 7.04. The quantitative estimate of drug-likeness (QED) is 0.666. The fourth-order valence-electron chi connectivity index (χ4n) is 2.08. The SMILES string of the molecule is CC(C)Cn1nnnc1SCc1cc(=O)n2ccccc2n1. The van der Waals surface area contributed by atoms with E-state index in [2.05, 4.69) is 34.4 Å². The Kier molecular flexibility index (Phi) is 4.19. The van der Waals surface area contributed by atoms with Crippen LogP contribution in [0.4, 0.5) is 0 Å². The number of nitrogens with zero attached hydrogens (tertiary/aromatic N) is 6. The summed E-state index contributed by atoms with van der Waals surface area (Å²) in [6.07, 6.45) is 1.71. The van der Waals surface area contributed by atoms with Crippen molar-refractivity contribution in [1.29, 1.82) is 0 Å². The molecule has 3 aromatic rings. The zero-order valence-electron chi connectivity index (χ0n) is 12.4. The molecule has 0 saturated heterocycles. The fraction of sp³-hybridized carbons (Fsp3) is 0.357. The molecule has 0 spiro atoms. The molecule has 0 aliphatic carbocycles. The van der Waals surface area contributed by atoms with Gasteiger partial charge in [-0.25, -0.2) is 9.67 Å². The molecule has 0 saturated carbocycles. The topological polar surface area (TPSA) is 78.0 Å². The van der Waals surface area contributed by atoms with Gasteiger partial charge in [-0.1, -0.05) is 31.7 Å². The van der Waals surface area contributed by atoms with Crippen molar-refractivity contribution in [3.8, 4) is 0 Å². The third-order valence-electron chi connectivity index (χ3n) is 3.01. The first kappa shape index (κ1) is 14.7. The van der Waals surface area contributed by atoms with E-state index in [-0.39, 0.29) is 5.56 Å². The molecule has 0 aliphatic rings. The average molecular weight is 316 g/mol. The van der Waals surface area contributed by atoms with Gasteiger partial charge in [-0.2, -0.15) is 0 Å². The van der Waals surface area contributed by atoms with Crippen LogP contribution < -0.4 is 5.56 Å². The molecule has 0 radical (unpaired) electrons. The third-order valence-corrected chi connectivity index (χ3v) is 4.00. The number of fused-ring (bicyclic) bond motifs is 1. The first-order chi connectivity index (χ1) is 10.6. The first-order valence-electron chi connectivity index (χ1n) is 7.00. The van der Waals surface area contributed by atoms with Gasteiger partial charge >= 0.3 is 0 Å². The third kappa shape index (κ3) is 3.16. The van der Waals surface area contributed by atoms with Crippen LogP contribution in [0.3, 0.4) is 0 Å². The van der Waals surface area contributed by atoms with Gasteiger partial charge in [-0.15, -0.1) is 5.10 Å². The molecular formula is C14H16N6OS. The Labute approximate surface area is 131 Å². The van der Waals surface area contributed by atoms with Crippen molar-refractivity contribution in [1.82, 2.24) is 29.6 Å². The van der Waals surface area contributed by atoms with Crippen molar-refractivity contribution >= 4 is 17.4 Å². The van der Waals surface area contributed by atoms with Gasteiger partial charge in [0.1, 0.15) is 5.65 Å². The lowest BCUT2D eigenvalue weighted by Gasteiger charge is -2.06. The number of rotatable bonds is 5. The molecule has 7 nitrogen and oxygen atoms in total. The minimum absolute atomic E-state index is 0.0806. The Balaban J connectivity index is 1.80. The van der Waals surface area contributed by atoms with Gasteiger partial charge in [0.25, 0.3) is 5.56 Å². The first-order valence-corrected chi connectivity index (χ1v) is 7.98. The van der Waals surface area contributed by atoms with E-state index in [1.807, 2.05) is 18.2 Å². The lowest BCUT2D eigenvalue weighted by Crippen LogP contribution is -2.14. The molecule has 0 aliphatic heterocycles. The Morgan fingerprint density at radius 2 is 2.18 bits per heavy atom. The molecule has 22 heavy (non-hydrogen) atoms. The summed E-state index contributed by atoms with van der Waals surface area (Å²) in [6.45, 7) is 4.99. The Hall–Kier alpha value is -2.22. The van der Waals surface area contributed by atoms with Crippen molar-refractivity contribution in [2.24, 2.45) is 5.92 Å². The molecule has 0 aromatic carbocycles. The number of hydrogen-bond donors (Lipinski definition) is 0. The van der Waals surface area contributed by atoms with E-state index in [1.165, 1.54) is 16.2 Å². The van der Waals surface area contributed by atoms with Gasteiger partial charge in [0, 0.05) is 24.6 Å². The van der Waals surface area contributed by atoms with Crippen molar-refractivity contribution in [2.45, 2.75) is 31.3 Å². The molecule has 3 rings (SSSR count). The zero-order valence-corrected chi connectivity index (χ0v) is 13.2. The highest BCUT2D eigenvalue weighted by molar-refractivity contribution is 7.98. The molecular weight excluding hydrogens is 300 g/mol. The zero-order chi connectivity index (χ0) is 15.5. The highest BCUT2D eigenvalue weighted by Gasteiger charge is 2.10. The lowest BCUT2D eigenvalue weighted by atomic mass is 10.2. The largest absolute Gasteiger partial charge is 0.269 e.